The van der Waals surface area contributed by atoms with Crippen LogP contribution in [0.25, 0.3) is 0 Å². The van der Waals surface area contributed by atoms with Gasteiger partial charge in [0.2, 0.25) is 0 Å². The van der Waals surface area contributed by atoms with Gasteiger partial charge < -0.3 is 14.2 Å². The quantitative estimate of drug-likeness (QED) is 0.372. The molecule has 2 aromatic carbocycles. The standard InChI is InChI=1S/C23H26Br2O4/c1-6-23(29-14(4)26)10-9-16-18(23)12-19(24)22(21(16)25)28-15-7-8-20(27-5)17(11-15)13(2)3/h7-8,11-13H,6,9-10H2,1-5H3. The third kappa shape index (κ3) is 4.19. The van der Waals surface area contributed by atoms with Crippen LogP contribution in [-0.4, -0.2) is 13.1 Å². The summed E-state index contributed by atoms with van der Waals surface area (Å²) in [7, 11) is 1.68. The van der Waals surface area contributed by atoms with Gasteiger partial charge in [-0.3, -0.25) is 4.79 Å². The third-order valence-electron chi connectivity index (χ3n) is 5.50. The fourth-order valence-corrected chi connectivity index (χ4v) is 5.49. The Morgan fingerprint density at radius 1 is 1.24 bits per heavy atom. The summed E-state index contributed by atoms with van der Waals surface area (Å²) < 4.78 is 19.2. The molecule has 1 unspecified atom stereocenters. The van der Waals surface area contributed by atoms with Crippen molar-refractivity contribution in [2.24, 2.45) is 0 Å². The fraction of sp³-hybridized carbons (Fsp3) is 0.435. The third-order valence-corrected chi connectivity index (χ3v) is 6.93. The zero-order valence-corrected chi connectivity index (χ0v) is 20.6. The highest BCUT2D eigenvalue weighted by atomic mass is 79.9. The number of rotatable bonds is 6. The van der Waals surface area contributed by atoms with Crippen molar-refractivity contribution in [3.8, 4) is 17.2 Å². The molecule has 4 nitrogen and oxygen atoms in total. The second-order valence-corrected chi connectivity index (χ2v) is 9.28. The molecule has 0 radical (unpaired) electrons. The zero-order valence-electron chi connectivity index (χ0n) is 17.4. The Labute approximate surface area is 189 Å². The maximum absolute atomic E-state index is 11.7. The summed E-state index contributed by atoms with van der Waals surface area (Å²) >= 11 is 7.40. The predicted molar refractivity (Wildman–Crippen MR) is 121 cm³/mol. The lowest BCUT2D eigenvalue weighted by Gasteiger charge is -2.29. The van der Waals surface area contributed by atoms with Gasteiger partial charge in [-0.05, 0) is 86.9 Å². The van der Waals surface area contributed by atoms with E-state index in [0.29, 0.717) is 5.92 Å². The number of hydrogen-bond acceptors (Lipinski definition) is 4. The molecule has 0 fully saturated rings. The van der Waals surface area contributed by atoms with Crippen molar-refractivity contribution >= 4 is 37.8 Å². The Morgan fingerprint density at radius 3 is 2.55 bits per heavy atom. The van der Waals surface area contributed by atoms with Crippen molar-refractivity contribution < 1.29 is 19.0 Å². The molecule has 0 heterocycles. The summed E-state index contributed by atoms with van der Waals surface area (Å²) in [4.78, 5) is 11.7. The van der Waals surface area contributed by atoms with Crippen LogP contribution < -0.4 is 9.47 Å². The van der Waals surface area contributed by atoms with Crippen LogP contribution in [0.4, 0.5) is 0 Å². The Morgan fingerprint density at radius 2 is 1.97 bits per heavy atom. The topological polar surface area (TPSA) is 44.8 Å². The lowest BCUT2D eigenvalue weighted by atomic mass is 9.92. The molecule has 0 amide bonds. The van der Waals surface area contributed by atoms with Crippen molar-refractivity contribution in [2.75, 3.05) is 7.11 Å². The first-order valence-corrected chi connectivity index (χ1v) is 11.4. The first-order valence-electron chi connectivity index (χ1n) is 9.79. The highest BCUT2D eigenvalue weighted by Crippen LogP contribution is 2.51. The molecule has 0 saturated carbocycles. The van der Waals surface area contributed by atoms with Crippen molar-refractivity contribution in [1.82, 2.24) is 0 Å². The van der Waals surface area contributed by atoms with E-state index in [1.807, 2.05) is 24.3 Å². The van der Waals surface area contributed by atoms with E-state index in [2.05, 4.69) is 52.6 Å². The van der Waals surface area contributed by atoms with Crippen LogP contribution in [0.2, 0.25) is 0 Å². The highest BCUT2D eigenvalue weighted by Gasteiger charge is 2.42. The molecule has 156 valence electrons. The normalized spacial score (nSPS) is 17.9. The summed E-state index contributed by atoms with van der Waals surface area (Å²) in [6.45, 7) is 7.77. The minimum atomic E-state index is -0.574. The first kappa shape index (κ1) is 22.2. The minimum absolute atomic E-state index is 0.258. The largest absolute Gasteiger partial charge is 0.496 e. The van der Waals surface area contributed by atoms with Crippen LogP contribution in [0.1, 0.15) is 63.1 Å². The van der Waals surface area contributed by atoms with E-state index in [9.17, 15) is 4.79 Å². The molecular formula is C23H26Br2O4. The molecular weight excluding hydrogens is 500 g/mol. The number of esters is 1. The molecule has 1 aliphatic carbocycles. The van der Waals surface area contributed by atoms with Crippen LogP contribution in [0.15, 0.2) is 33.2 Å². The van der Waals surface area contributed by atoms with Gasteiger partial charge in [-0.25, -0.2) is 0 Å². The van der Waals surface area contributed by atoms with Crippen molar-refractivity contribution in [3.63, 3.8) is 0 Å². The van der Waals surface area contributed by atoms with Crippen molar-refractivity contribution in [1.29, 1.82) is 0 Å². The fourth-order valence-electron chi connectivity index (χ4n) is 4.01. The average Bonchev–Trinajstić information content (AvgIpc) is 3.03. The number of carbonyl (C=O) groups is 1. The van der Waals surface area contributed by atoms with Crippen molar-refractivity contribution in [3.05, 3.63) is 49.9 Å². The molecule has 1 atom stereocenters. The smallest absolute Gasteiger partial charge is 0.303 e. The molecule has 3 rings (SSSR count). The van der Waals surface area contributed by atoms with Crippen LogP contribution in [-0.2, 0) is 21.6 Å². The van der Waals surface area contributed by atoms with Gasteiger partial charge in [0, 0.05) is 18.1 Å². The summed E-state index contributed by atoms with van der Waals surface area (Å²) in [5.41, 5.74) is 2.69. The molecule has 0 aromatic heterocycles. The van der Waals surface area contributed by atoms with E-state index < -0.39 is 5.60 Å². The molecule has 0 aliphatic heterocycles. The van der Waals surface area contributed by atoms with E-state index in [0.717, 1.165) is 62.1 Å². The van der Waals surface area contributed by atoms with Crippen molar-refractivity contribution in [2.45, 2.75) is 58.5 Å². The maximum Gasteiger partial charge on any atom is 0.303 e. The minimum Gasteiger partial charge on any atom is -0.496 e. The van der Waals surface area contributed by atoms with Gasteiger partial charge in [0.1, 0.15) is 17.1 Å². The summed E-state index contributed by atoms with van der Waals surface area (Å²) in [5.74, 6) is 2.38. The Kier molecular flexibility index (Phi) is 6.64. The van der Waals surface area contributed by atoms with E-state index >= 15 is 0 Å². The molecule has 0 spiro atoms. The number of ether oxygens (including phenoxy) is 3. The summed E-state index contributed by atoms with van der Waals surface area (Å²) in [5, 5.41) is 0. The molecule has 0 saturated heterocycles. The van der Waals surface area contributed by atoms with Crippen LogP contribution in [0.5, 0.6) is 17.2 Å². The Balaban J connectivity index is 2.02. The van der Waals surface area contributed by atoms with Gasteiger partial charge >= 0.3 is 5.97 Å². The van der Waals surface area contributed by atoms with E-state index in [1.54, 1.807) is 7.11 Å². The Bertz CT molecular complexity index is 939. The lowest BCUT2D eigenvalue weighted by molar-refractivity contribution is -0.158. The first-order chi connectivity index (χ1) is 13.7. The van der Waals surface area contributed by atoms with E-state index in [1.165, 1.54) is 6.92 Å². The SMILES string of the molecule is CCC1(OC(C)=O)CCc2c1cc(Br)c(Oc1ccc(OC)c(C(C)C)c1)c2Br. The molecule has 0 N–H and O–H groups in total. The monoisotopic (exact) mass is 524 g/mol. The number of methoxy groups -OCH3 is 1. The molecule has 2 aromatic rings. The average molecular weight is 526 g/mol. The molecule has 1 aliphatic rings. The van der Waals surface area contributed by atoms with Gasteiger partial charge in [0.05, 0.1) is 16.1 Å². The van der Waals surface area contributed by atoms with Gasteiger partial charge in [0.25, 0.3) is 0 Å². The lowest BCUT2D eigenvalue weighted by Crippen LogP contribution is -2.28. The van der Waals surface area contributed by atoms with E-state index in [4.69, 9.17) is 14.2 Å². The molecule has 6 heteroatoms. The van der Waals surface area contributed by atoms with E-state index in [-0.39, 0.29) is 5.97 Å². The number of halogens is 2. The van der Waals surface area contributed by atoms with Crippen LogP contribution >= 0.6 is 31.9 Å². The maximum atomic E-state index is 11.7. The zero-order chi connectivity index (χ0) is 21.3. The second-order valence-electron chi connectivity index (χ2n) is 7.63. The Hall–Kier alpha value is -1.53. The summed E-state index contributed by atoms with van der Waals surface area (Å²) in [6.07, 6.45) is 2.32. The highest BCUT2D eigenvalue weighted by molar-refractivity contribution is 9.11. The number of carbonyl (C=O) groups excluding carboxylic acids is 1. The van der Waals surface area contributed by atoms with Gasteiger partial charge in [0.15, 0.2) is 5.75 Å². The second kappa shape index (κ2) is 8.68. The van der Waals surface area contributed by atoms with Gasteiger partial charge in [-0.1, -0.05) is 20.8 Å². The van der Waals surface area contributed by atoms with Crippen LogP contribution in [0, 0.1) is 0 Å². The predicted octanol–water partition coefficient (Wildman–Crippen LogP) is 7.25. The number of fused-ring (bicyclic) bond motifs is 1. The van der Waals surface area contributed by atoms with Crippen LogP contribution in [0.3, 0.4) is 0 Å². The molecule has 0 bridgehead atoms. The van der Waals surface area contributed by atoms with Gasteiger partial charge in [-0.15, -0.1) is 0 Å². The summed E-state index contributed by atoms with van der Waals surface area (Å²) in [6, 6.07) is 7.89. The number of benzene rings is 2. The number of hydrogen-bond donors (Lipinski definition) is 0. The van der Waals surface area contributed by atoms with Gasteiger partial charge in [-0.2, -0.15) is 0 Å². The molecule has 29 heavy (non-hydrogen) atoms.